The van der Waals surface area contributed by atoms with Gasteiger partial charge < -0.3 is 10.8 Å². The van der Waals surface area contributed by atoms with Gasteiger partial charge in [0.1, 0.15) is 0 Å². The van der Waals surface area contributed by atoms with Gasteiger partial charge in [-0.2, -0.15) is 0 Å². The Kier molecular flexibility index (Phi) is 3.25. The zero-order valence-corrected chi connectivity index (χ0v) is 7.40. The van der Waals surface area contributed by atoms with Gasteiger partial charge in [-0.3, -0.25) is 14.5 Å². The van der Waals surface area contributed by atoms with Gasteiger partial charge in [0.2, 0.25) is 5.91 Å². The predicted molar refractivity (Wildman–Crippen MR) is 46.0 cm³/mol. The van der Waals surface area contributed by atoms with Crippen molar-refractivity contribution in [2.45, 2.75) is 25.3 Å². The second-order valence-electron chi connectivity index (χ2n) is 3.24. The lowest BCUT2D eigenvalue weighted by atomic mass is 10.0. The number of carboxylic acid groups (broad SMARTS) is 1. The molecule has 0 saturated carbocycles. The molecule has 1 aliphatic heterocycles. The van der Waals surface area contributed by atoms with E-state index in [1.54, 1.807) is 0 Å². The molecule has 0 aromatic rings. The summed E-state index contributed by atoms with van der Waals surface area (Å²) in [5, 5.41) is 8.38. The highest BCUT2D eigenvalue weighted by atomic mass is 16.4. The van der Waals surface area contributed by atoms with Gasteiger partial charge in [-0.25, -0.2) is 0 Å². The van der Waals surface area contributed by atoms with Crippen LogP contribution in [0.2, 0.25) is 0 Å². The second-order valence-corrected chi connectivity index (χ2v) is 3.24. The normalized spacial score (nSPS) is 22.3. The number of primary amides is 1. The Morgan fingerprint density at radius 3 is 2.62 bits per heavy atom. The van der Waals surface area contributed by atoms with Crippen LogP contribution in [0.4, 0.5) is 0 Å². The third-order valence-corrected chi connectivity index (χ3v) is 2.29. The first-order valence-electron chi connectivity index (χ1n) is 4.36. The molecule has 1 atom stereocenters. The van der Waals surface area contributed by atoms with Crippen LogP contribution in [0.25, 0.3) is 0 Å². The molecule has 13 heavy (non-hydrogen) atoms. The molecule has 5 heteroatoms. The Labute approximate surface area is 76.5 Å². The van der Waals surface area contributed by atoms with Crippen molar-refractivity contribution in [3.8, 4) is 0 Å². The minimum atomic E-state index is -0.795. The molecule has 3 N–H and O–H groups in total. The van der Waals surface area contributed by atoms with E-state index in [9.17, 15) is 9.59 Å². The number of aliphatic carboxylic acids is 1. The minimum Gasteiger partial charge on any atom is -0.481 e. The molecule has 0 aliphatic carbocycles. The molecule has 1 unspecified atom stereocenters. The van der Waals surface area contributed by atoms with E-state index >= 15 is 0 Å². The van der Waals surface area contributed by atoms with Crippen molar-refractivity contribution in [3.05, 3.63) is 0 Å². The van der Waals surface area contributed by atoms with E-state index < -0.39 is 5.97 Å². The number of carboxylic acids is 1. The SMILES string of the molecule is NC(=O)C1CCN1CCCC(=O)O. The van der Waals surface area contributed by atoms with Gasteiger partial charge in [-0.15, -0.1) is 0 Å². The number of nitrogens with zero attached hydrogens (tertiary/aromatic N) is 1. The monoisotopic (exact) mass is 186 g/mol. The van der Waals surface area contributed by atoms with E-state index in [4.69, 9.17) is 10.8 Å². The molecule has 74 valence electrons. The molecule has 0 spiro atoms. The number of likely N-dealkylation sites (tertiary alicyclic amines) is 1. The quantitative estimate of drug-likeness (QED) is 0.601. The molecule has 0 bridgehead atoms. The van der Waals surface area contributed by atoms with Gasteiger partial charge in [-0.05, 0) is 19.4 Å². The van der Waals surface area contributed by atoms with Gasteiger partial charge in [0, 0.05) is 13.0 Å². The molecule has 1 saturated heterocycles. The Balaban J connectivity index is 2.15. The van der Waals surface area contributed by atoms with Crippen molar-refractivity contribution in [3.63, 3.8) is 0 Å². The van der Waals surface area contributed by atoms with Crippen LogP contribution >= 0.6 is 0 Å². The highest BCUT2D eigenvalue weighted by Gasteiger charge is 2.31. The summed E-state index contributed by atoms with van der Waals surface area (Å²) >= 11 is 0. The third-order valence-electron chi connectivity index (χ3n) is 2.29. The van der Waals surface area contributed by atoms with E-state index in [0.29, 0.717) is 13.0 Å². The first-order chi connectivity index (χ1) is 6.11. The molecule has 1 fully saturated rings. The summed E-state index contributed by atoms with van der Waals surface area (Å²) in [5.74, 6) is -1.10. The average molecular weight is 186 g/mol. The fourth-order valence-electron chi connectivity index (χ4n) is 1.46. The molecule has 0 aromatic carbocycles. The number of carbonyl (C=O) groups excluding carboxylic acids is 1. The maximum Gasteiger partial charge on any atom is 0.303 e. The van der Waals surface area contributed by atoms with E-state index in [0.717, 1.165) is 13.0 Å². The number of carbonyl (C=O) groups is 2. The molecule has 0 radical (unpaired) electrons. The lowest BCUT2D eigenvalue weighted by Crippen LogP contribution is -2.54. The van der Waals surface area contributed by atoms with Crippen molar-refractivity contribution in [2.24, 2.45) is 5.73 Å². The predicted octanol–water partition coefficient (Wildman–Crippen LogP) is -0.589. The highest BCUT2D eigenvalue weighted by molar-refractivity contribution is 5.80. The van der Waals surface area contributed by atoms with Crippen molar-refractivity contribution in [1.29, 1.82) is 0 Å². The Morgan fingerprint density at radius 2 is 2.23 bits per heavy atom. The lowest BCUT2D eigenvalue weighted by molar-refractivity contribution is -0.137. The number of amides is 1. The molecule has 1 amide bonds. The summed E-state index contributed by atoms with van der Waals surface area (Å²) in [4.78, 5) is 22.9. The lowest BCUT2D eigenvalue weighted by Gasteiger charge is -2.38. The molecule has 1 heterocycles. The molecule has 0 aromatic heterocycles. The smallest absolute Gasteiger partial charge is 0.303 e. The molecular weight excluding hydrogens is 172 g/mol. The number of hydrogen-bond donors (Lipinski definition) is 2. The van der Waals surface area contributed by atoms with Crippen LogP contribution in [0.1, 0.15) is 19.3 Å². The summed E-state index contributed by atoms with van der Waals surface area (Å²) in [5.41, 5.74) is 5.12. The Morgan fingerprint density at radius 1 is 1.54 bits per heavy atom. The first kappa shape index (κ1) is 9.98. The van der Waals surface area contributed by atoms with Crippen LogP contribution < -0.4 is 5.73 Å². The molecule has 5 nitrogen and oxygen atoms in total. The van der Waals surface area contributed by atoms with Crippen LogP contribution in [0.3, 0.4) is 0 Å². The van der Waals surface area contributed by atoms with Crippen LogP contribution in [0.5, 0.6) is 0 Å². The largest absolute Gasteiger partial charge is 0.481 e. The first-order valence-corrected chi connectivity index (χ1v) is 4.36. The van der Waals surface area contributed by atoms with Gasteiger partial charge in [0.15, 0.2) is 0 Å². The second kappa shape index (κ2) is 4.23. The molecule has 1 rings (SSSR count). The minimum absolute atomic E-state index is 0.155. The fourth-order valence-corrected chi connectivity index (χ4v) is 1.46. The highest BCUT2D eigenvalue weighted by Crippen LogP contribution is 2.16. The molecular formula is C8H14N2O3. The summed E-state index contributed by atoms with van der Waals surface area (Å²) in [6.07, 6.45) is 1.55. The van der Waals surface area contributed by atoms with Crippen LogP contribution in [0, 0.1) is 0 Å². The van der Waals surface area contributed by atoms with Crippen molar-refractivity contribution in [1.82, 2.24) is 4.90 Å². The van der Waals surface area contributed by atoms with Gasteiger partial charge in [0.25, 0.3) is 0 Å². The van der Waals surface area contributed by atoms with Crippen LogP contribution in [0.15, 0.2) is 0 Å². The zero-order chi connectivity index (χ0) is 9.84. The Bertz CT molecular complexity index is 217. The maximum absolute atomic E-state index is 10.8. The van der Waals surface area contributed by atoms with Crippen molar-refractivity contribution < 1.29 is 14.7 Å². The van der Waals surface area contributed by atoms with Crippen molar-refractivity contribution in [2.75, 3.05) is 13.1 Å². The van der Waals surface area contributed by atoms with Crippen LogP contribution in [-0.2, 0) is 9.59 Å². The average Bonchev–Trinajstić information content (AvgIpc) is 1.93. The topological polar surface area (TPSA) is 83.6 Å². The zero-order valence-electron chi connectivity index (χ0n) is 7.40. The standard InChI is InChI=1S/C8H14N2O3/c9-8(13)6-3-5-10(6)4-1-2-7(11)12/h6H,1-5H2,(H2,9,13)(H,11,12). The maximum atomic E-state index is 10.8. The summed E-state index contributed by atoms with van der Waals surface area (Å²) in [7, 11) is 0. The van der Waals surface area contributed by atoms with Gasteiger partial charge in [-0.1, -0.05) is 0 Å². The third kappa shape index (κ3) is 2.69. The fraction of sp³-hybridized carbons (Fsp3) is 0.750. The summed E-state index contributed by atoms with van der Waals surface area (Å²) in [6.45, 7) is 1.51. The van der Waals surface area contributed by atoms with Crippen molar-refractivity contribution >= 4 is 11.9 Å². The number of nitrogens with two attached hydrogens (primary N) is 1. The summed E-state index contributed by atoms with van der Waals surface area (Å²) in [6, 6.07) is -0.159. The van der Waals surface area contributed by atoms with E-state index in [1.807, 2.05) is 4.90 Å². The number of hydrogen-bond acceptors (Lipinski definition) is 3. The van der Waals surface area contributed by atoms with E-state index in [1.165, 1.54) is 0 Å². The summed E-state index contributed by atoms with van der Waals surface area (Å²) < 4.78 is 0. The van der Waals surface area contributed by atoms with Gasteiger partial charge >= 0.3 is 5.97 Å². The van der Waals surface area contributed by atoms with Gasteiger partial charge in [0.05, 0.1) is 6.04 Å². The molecule has 1 aliphatic rings. The van der Waals surface area contributed by atoms with E-state index in [-0.39, 0.29) is 18.4 Å². The van der Waals surface area contributed by atoms with E-state index in [2.05, 4.69) is 0 Å². The number of rotatable bonds is 5. The van der Waals surface area contributed by atoms with Crippen LogP contribution in [-0.4, -0.2) is 41.0 Å². The Hall–Kier alpha value is -1.10.